The molecule has 0 unspecified atom stereocenters. The molecule has 1 aliphatic heterocycles. The zero-order chi connectivity index (χ0) is 19.0. The number of aryl methyl sites for hydroxylation is 3. The molecule has 0 aromatic heterocycles. The molecular weight excluding hydrogens is 324 g/mol. The molecule has 1 N–H and O–H groups in total. The number of amides is 2. The van der Waals surface area contributed by atoms with Crippen LogP contribution in [0.4, 0.5) is 5.69 Å². The number of carbonyl (C=O) groups excluding carboxylic acids is 2. The van der Waals surface area contributed by atoms with E-state index in [0.717, 1.165) is 27.9 Å². The Morgan fingerprint density at radius 1 is 0.885 bits per heavy atom. The molecule has 0 saturated heterocycles. The molecule has 26 heavy (non-hydrogen) atoms. The van der Waals surface area contributed by atoms with Crippen molar-refractivity contribution in [1.82, 2.24) is 4.90 Å². The van der Waals surface area contributed by atoms with Crippen LogP contribution in [0.25, 0.3) is 5.57 Å². The van der Waals surface area contributed by atoms with Gasteiger partial charge < -0.3 is 5.32 Å². The number of hydrogen-bond donors (Lipinski definition) is 1. The number of hydrogen-bond acceptors (Lipinski definition) is 3. The van der Waals surface area contributed by atoms with Gasteiger partial charge in [-0.05, 0) is 69.0 Å². The summed E-state index contributed by atoms with van der Waals surface area (Å²) in [5.74, 6) is -0.525. The molecule has 2 aromatic rings. The Morgan fingerprint density at radius 3 is 2.23 bits per heavy atom. The van der Waals surface area contributed by atoms with E-state index in [1.54, 1.807) is 0 Å². The molecule has 0 spiro atoms. The Morgan fingerprint density at radius 2 is 1.62 bits per heavy atom. The highest BCUT2D eigenvalue weighted by molar-refractivity contribution is 6.36. The van der Waals surface area contributed by atoms with E-state index in [4.69, 9.17) is 0 Å². The second-order valence-corrected chi connectivity index (χ2v) is 7.12. The van der Waals surface area contributed by atoms with Crippen molar-refractivity contribution in [2.75, 3.05) is 5.32 Å². The topological polar surface area (TPSA) is 49.4 Å². The molecule has 0 bridgehead atoms. The van der Waals surface area contributed by atoms with Gasteiger partial charge in [-0.1, -0.05) is 30.3 Å². The maximum Gasteiger partial charge on any atom is 0.278 e. The first-order valence-corrected chi connectivity index (χ1v) is 8.83. The number of nitrogens with zero attached hydrogens (tertiary/aromatic N) is 1. The minimum absolute atomic E-state index is 0.201. The van der Waals surface area contributed by atoms with Crippen LogP contribution in [-0.4, -0.2) is 22.8 Å². The van der Waals surface area contributed by atoms with Gasteiger partial charge in [0.25, 0.3) is 11.8 Å². The number of carbonyl (C=O) groups is 2. The largest absolute Gasteiger partial charge is 0.350 e. The van der Waals surface area contributed by atoms with Crippen molar-refractivity contribution in [3.63, 3.8) is 0 Å². The molecular formula is C22H24N2O2. The normalized spacial score (nSPS) is 14.6. The molecule has 4 nitrogen and oxygen atoms in total. The van der Waals surface area contributed by atoms with Crippen LogP contribution < -0.4 is 5.32 Å². The third-order valence-corrected chi connectivity index (χ3v) is 4.71. The Balaban J connectivity index is 2.14. The molecule has 134 valence electrons. The fourth-order valence-electron chi connectivity index (χ4n) is 3.16. The Labute approximate surface area is 154 Å². The van der Waals surface area contributed by atoms with Crippen molar-refractivity contribution in [1.29, 1.82) is 0 Å². The van der Waals surface area contributed by atoms with E-state index in [1.165, 1.54) is 4.90 Å². The van der Waals surface area contributed by atoms with Gasteiger partial charge in [-0.2, -0.15) is 0 Å². The van der Waals surface area contributed by atoms with Gasteiger partial charge in [-0.25, -0.2) is 0 Å². The molecule has 0 aliphatic carbocycles. The summed E-state index contributed by atoms with van der Waals surface area (Å²) in [5.41, 5.74) is 5.68. The predicted molar refractivity (Wildman–Crippen MR) is 105 cm³/mol. The average molecular weight is 348 g/mol. The summed E-state index contributed by atoms with van der Waals surface area (Å²) in [4.78, 5) is 27.3. The SMILES string of the molecule is Cc1cccc(NC2=C(c3ccc(C)c(C)c3)C(=O)N(C(C)C)C2=O)c1. The van der Waals surface area contributed by atoms with Crippen molar-refractivity contribution in [2.24, 2.45) is 0 Å². The fraction of sp³-hybridized carbons (Fsp3) is 0.273. The molecule has 1 heterocycles. The molecule has 0 atom stereocenters. The van der Waals surface area contributed by atoms with Gasteiger partial charge in [-0.3, -0.25) is 14.5 Å². The average Bonchev–Trinajstić information content (AvgIpc) is 2.81. The summed E-state index contributed by atoms with van der Waals surface area (Å²) in [5, 5.41) is 3.20. The van der Waals surface area contributed by atoms with Crippen LogP contribution in [0.15, 0.2) is 48.2 Å². The second-order valence-electron chi connectivity index (χ2n) is 7.12. The van der Waals surface area contributed by atoms with E-state index < -0.39 is 0 Å². The highest BCUT2D eigenvalue weighted by Crippen LogP contribution is 2.32. The molecule has 3 rings (SSSR count). The van der Waals surface area contributed by atoms with Crippen molar-refractivity contribution in [3.05, 3.63) is 70.4 Å². The third kappa shape index (κ3) is 3.15. The zero-order valence-corrected chi connectivity index (χ0v) is 15.9. The summed E-state index contributed by atoms with van der Waals surface area (Å²) in [6, 6.07) is 13.4. The first kappa shape index (κ1) is 17.9. The number of imide groups is 1. The smallest absolute Gasteiger partial charge is 0.278 e. The van der Waals surface area contributed by atoms with Crippen molar-refractivity contribution >= 4 is 23.1 Å². The standard InChI is InChI=1S/C22H24N2O2/c1-13(2)24-21(25)19(17-10-9-15(4)16(5)12-17)20(22(24)26)23-18-8-6-7-14(3)11-18/h6-13,23H,1-5H3. The highest BCUT2D eigenvalue weighted by atomic mass is 16.2. The monoisotopic (exact) mass is 348 g/mol. The number of nitrogens with one attached hydrogen (secondary N) is 1. The first-order chi connectivity index (χ1) is 12.3. The molecule has 2 amide bonds. The third-order valence-electron chi connectivity index (χ3n) is 4.71. The van der Waals surface area contributed by atoms with E-state index in [1.807, 2.05) is 77.1 Å². The quantitative estimate of drug-likeness (QED) is 0.842. The molecule has 0 fully saturated rings. The minimum Gasteiger partial charge on any atom is -0.350 e. The Kier molecular flexibility index (Phi) is 4.68. The van der Waals surface area contributed by atoms with Crippen molar-refractivity contribution < 1.29 is 9.59 Å². The lowest BCUT2D eigenvalue weighted by Gasteiger charge is -2.19. The Bertz CT molecular complexity index is 925. The van der Waals surface area contributed by atoms with E-state index in [9.17, 15) is 9.59 Å². The maximum atomic E-state index is 13.0. The van der Waals surface area contributed by atoms with Gasteiger partial charge >= 0.3 is 0 Å². The predicted octanol–water partition coefficient (Wildman–Crippen LogP) is 4.21. The van der Waals surface area contributed by atoms with Gasteiger partial charge in [-0.15, -0.1) is 0 Å². The van der Waals surface area contributed by atoms with Crippen LogP contribution in [0.3, 0.4) is 0 Å². The molecule has 1 aliphatic rings. The minimum atomic E-state index is -0.278. The lowest BCUT2D eigenvalue weighted by atomic mass is 9.99. The van der Waals surface area contributed by atoms with Crippen LogP contribution in [0.1, 0.15) is 36.1 Å². The van der Waals surface area contributed by atoms with Crippen LogP contribution in [0.2, 0.25) is 0 Å². The van der Waals surface area contributed by atoms with E-state index in [-0.39, 0.29) is 17.9 Å². The molecule has 4 heteroatoms. The van der Waals surface area contributed by atoms with Crippen LogP contribution >= 0.6 is 0 Å². The van der Waals surface area contributed by atoms with Crippen LogP contribution in [-0.2, 0) is 9.59 Å². The Hall–Kier alpha value is -2.88. The first-order valence-electron chi connectivity index (χ1n) is 8.83. The van der Waals surface area contributed by atoms with Gasteiger partial charge in [0.1, 0.15) is 5.70 Å². The van der Waals surface area contributed by atoms with Gasteiger partial charge in [0, 0.05) is 11.7 Å². The summed E-state index contributed by atoms with van der Waals surface area (Å²) >= 11 is 0. The van der Waals surface area contributed by atoms with E-state index in [2.05, 4.69) is 5.32 Å². The number of anilines is 1. The van der Waals surface area contributed by atoms with Gasteiger partial charge in [0.15, 0.2) is 0 Å². The summed E-state index contributed by atoms with van der Waals surface area (Å²) in [6.07, 6.45) is 0. The summed E-state index contributed by atoms with van der Waals surface area (Å²) in [7, 11) is 0. The number of benzene rings is 2. The number of rotatable bonds is 4. The lowest BCUT2D eigenvalue weighted by molar-refractivity contribution is -0.138. The lowest BCUT2D eigenvalue weighted by Crippen LogP contribution is -2.38. The second kappa shape index (κ2) is 6.79. The van der Waals surface area contributed by atoms with Crippen molar-refractivity contribution in [2.45, 2.75) is 40.7 Å². The molecule has 0 saturated carbocycles. The van der Waals surface area contributed by atoms with Crippen LogP contribution in [0.5, 0.6) is 0 Å². The molecule has 0 radical (unpaired) electrons. The maximum absolute atomic E-state index is 13.0. The van der Waals surface area contributed by atoms with Gasteiger partial charge in [0.05, 0.1) is 5.57 Å². The van der Waals surface area contributed by atoms with Gasteiger partial charge in [0.2, 0.25) is 0 Å². The summed E-state index contributed by atoms with van der Waals surface area (Å²) in [6.45, 7) is 9.73. The highest BCUT2D eigenvalue weighted by Gasteiger charge is 2.40. The molecule has 2 aromatic carbocycles. The van der Waals surface area contributed by atoms with E-state index >= 15 is 0 Å². The van der Waals surface area contributed by atoms with E-state index in [0.29, 0.717) is 11.3 Å². The fourth-order valence-corrected chi connectivity index (χ4v) is 3.16. The van der Waals surface area contributed by atoms with Crippen molar-refractivity contribution in [3.8, 4) is 0 Å². The van der Waals surface area contributed by atoms with Crippen LogP contribution in [0, 0.1) is 20.8 Å². The summed E-state index contributed by atoms with van der Waals surface area (Å²) < 4.78 is 0. The zero-order valence-electron chi connectivity index (χ0n) is 15.9.